The number of unbranched alkanes of at least 4 members (excludes halogenated alkanes) is 9. The molecule has 0 amide bonds. The monoisotopic (exact) mass is 505 g/mol. The fourth-order valence-corrected chi connectivity index (χ4v) is 4.17. The summed E-state index contributed by atoms with van der Waals surface area (Å²) < 4.78 is 32.4. The summed E-state index contributed by atoms with van der Waals surface area (Å²) in [5.74, 6) is 0. The molecule has 0 fully saturated rings. The molecule has 1 aromatic carbocycles. The Balaban J connectivity index is 0.000000642. The highest BCUT2D eigenvalue weighted by Crippen LogP contribution is 2.12. The molecule has 0 aliphatic rings. The minimum absolute atomic E-state index is 0.178. The fraction of sp³-hybridized carbons (Fsp3) is 0.750. The molecule has 30 heavy (non-hydrogen) atoms. The van der Waals surface area contributed by atoms with Crippen molar-refractivity contribution in [3.8, 4) is 0 Å². The van der Waals surface area contributed by atoms with Crippen LogP contribution >= 0.6 is 15.9 Å². The lowest BCUT2D eigenvalue weighted by molar-refractivity contribution is -0.890. The third-order valence-corrected chi connectivity index (χ3v) is 6.73. The van der Waals surface area contributed by atoms with E-state index in [9.17, 15) is 13.0 Å². The Kier molecular flexibility index (Phi) is 16.9. The molecule has 0 N–H and O–H groups in total. The van der Waals surface area contributed by atoms with Gasteiger partial charge in [0.15, 0.2) is 0 Å². The molecule has 0 aliphatic carbocycles. The zero-order valence-corrected chi connectivity index (χ0v) is 22.1. The highest BCUT2D eigenvalue weighted by Gasteiger charge is 2.13. The van der Waals surface area contributed by atoms with Crippen LogP contribution in [0.4, 0.5) is 0 Å². The zero-order valence-electron chi connectivity index (χ0n) is 19.7. The third kappa shape index (κ3) is 17.3. The van der Waals surface area contributed by atoms with Crippen LogP contribution in [0.3, 0.4) is 0 Å². The molecule has 1 aromatic rings. The van der Waals surface area contributed by atoms with Gasteiger partial charge in [0, 0.05) is 5.33 Å². The molecule has 0 bridgehead atoms. The van der Waals surface area contributed by atoms with Gasteiger partial charge in [0.25, 0.3) is 0 Å². The van der Waals surface area contributed by atoms with E-state index in [2.05, 4.69) is 36.9 Å². The summed E-state index contributed by atoms with van der Waals surface area (Å²) in [5, 5.41) is 1.16. The topological polar surface area (TPSA) is 57.2 Å². The fourth-order valence-electron chi connectivity index (χ4n) is 3.30. The van der Waals surface area contributed by atoms with Crippen LogP contribution in [-0.2, 0) is 10.1 Å². The Labute approximate surface area is 194 Å². The van der Waals surface area contributed by atoms with Crippen LogP contribution in [-0.4, -0.2) is 50.0 Å². The highest BCUT2D eigenvalue weighted by atomic mass is 79.9. The van der Waals surface area contributed by atoms with Gasteiger partial charge in [0.2, 0.25) is 0 Å². The Bertz CT molecular complexity index is 630. The predicted octanol–water partition coefficient (Wildman–Crippen LogP) is 6.67. The minimum atomic E-state index is -4.27. The summed E-state index contributed by atoms with van der Waals surface area (Å²) in [7, 11) is 0.506. The average Bonchev–Trinajstić information content (AvgIpc) is 2.67. The third-order valence-electron chi connectivity index (χ3n) is 5.32. The van der Waals surface area contributed by atoms with Gasteiger partial charge in [-0.1, -0.05) is 85.5 Å². The molecule has 0 radical (unpaired) electrons. The second-order valence-corrected chi connectivity index (χ2v) is 11.0. The van der Waals surface area contributed by atoms with Gasteiger partial charge in [0.1, 0.15) is 10.1 Å². The van der Waals surface area contributed by atoms with Gasteiger partial charge < -0.3 is 9.04 Å². The first kappa shape index (κ1) is 29.6. The number of aryl methyl sites for hydroxylation is 1. The lowest BCUT2D eigenvalue weighted by Gasteiger charge is -2.29. The molecule has 0 saturated carbocycles. The molecule has 1 rings (SSSR count). The maximum absolute atomic E-state index is 10.4. The zero-order chi connectivity index (χ0) is 22.9. The molecule has 0 saturated heterocycles. The van der Waals surface area contributed by atoms with Crippen molar-refractivity contribution in [1.29, 1.82) is 0 Å². The molecule has 6 heteroatoms. The van der Waals surface area contributed by atoms with Crippen molar-refractivity contribution in [3.63, 3.8) is 0 Å². The number of alkyl halides is 1. The molecule has 0 aliphatic heterocycles. The van der Waals surface area contributed by atoms with Crippen molar-refractivity contribution in [3.05, 3.63) is 29.8 Å². The number of quaternary nitrogens is 1. The van der Waals surface area contributed by atoms with E-state index in [1.165, 1.54) is 100 Å². The van der Waals surface area contributed by atoms with Crippen LogP contribution in [0.2, 0.25) is 0 Å². The lowest BCUT2D eigenvalue weighted by Crippen LogP contribution is -2.41. The smallest absolute Gasteiger partial charge is 0.124 e. The largest absolute Gasteiger partial charge is 0.744 e. The molecular formula is C24H44BrNO3S. The van der Waals surface area contributed by atoms with Crippen molar-refractivity contribution < 1.29 is 17.5 Å². The number of rotatable bonds is 15. The summed E-state index contributed by atoms with van der Waals surface area (Å²) >= 11 is 3.51. The van der Waals surface area contributed by atoms with E-state index in [0.717, 1.165) is 10.9 Å². The maximum Gasteiger partial charge on any atom is 0.124 e. The van der Waals surface area contributed by atoms with Crippen molar-refractivity contribution in [2.45, 2.75) is 89.4 Å². The van der Waals surface area contributed by atoms with Crippen molar-refractivity contribution in [2.75, 3.05) is 32.5 Å². The summed E-state index contributed by atoms with van der Waals surface area (Å²) in [6.45, 7) is 6.81. The summed E-state index contributed by atoms with van der Waals surface area (Å²) in [5.41, 5.74) is 0.928. The van der Waals surface area contributed by atoms with Crippen molar-refractivity contribution in [1.82, 2.24) is 0 Å². The maximum atomic E-state index is 10.4. The van der Waals surface area contributed by atoms with Crippen LogP contribution in [0.15, 0.2) is 29.2 Å². The molecule has 0 spiro atoms. The van der Waals surface area contributed by atoms with Gasteiger partial charge in [-0.25, -0.2) is 8.42 Å². The highest BCUT2D eigenvalue weighted by molar-refractivity contribution is 9.09. The van der Waals surface area contributed by atoms with Gasteiger partial charge >= 0.3 is 0 Å². The molecule has 0 heterocycles. The van der Waals surface area contributed by atoms with Crippen LogP contribution < -0.4 is 0 Å². The van der Waals surface area contributed by atoms with Gasteiger partial charge in [-0.2, -0.15) is 0 Å². The Morgan fingerprint density at radius 1 is 0.800 bits per heavy atom. The van der Waals surface area contributed by atoms with Gasteiger partial charge in [-0.05, 0) is 44.7 Å². The number of halogens is 1. The number of nitrogens with zero attached hydrogens (tertiary/aromatic N) is 1. The molecule has 0 atom stereocenters. The minimum Gasteiger partial charge on any atom is -0.744 e. The Hall–Kier alpha value is -0.430. The number of benzene rings is 1. The molecular weight excluding hydrogens is 462 g/mol. The normalized spacial score (nSPS) is 11.8. The van der Waals surface area contributed by atoms with E-state index < -0.39 is 10.1 Å². The van der Waals surface area contributed by atoms with Crippen LogP contribution in [0.5, 0.6) is 0 Å². The molecule has 0 aromatic heterocycles. The Morgan fingerprint density at radius 3 is 1.67 bits per heavy atom. The van der Waals surface area contributed by atoms with E-state index in [1.807, 2.05) is 6.92 Å². The summed E-state index contributed by atoms with van der Waals surface area (Å²) in [6, 6.07) is 5.78. The standard InChI is InChI=1S/C17H37BrN.C7H8O3S/c1-4-5-6-7-8-9-10-11-13-16-19(2,3)17-14-12-15-18;1-6-2-4-7(5-3-6)11(8,9)10/h4-17H2,1-3H3;2-5H,1H3,(H,8,9,10)/q+1;/p-1. The van der Waals surface area contributed by atoms with E-state index in [1.54, 1.807) is 12.1 Å². The lowest BCUT2D eigenvalue weighted by atomic mass is 10.1. The summed E-state index contributed by atoms with van der Waals surface area (Å²) in [4.78, 5) is -0.178. The SMILES string of the molecule is CCCCCCCCCCC[N+](C)(C)CCCCBr.Cc1ccc(S(=O)(=O)[O-])cc1. The van der Waals surface area contributed by atoms with E-state index in [4.69, 9.17) is 0 Å². The molecule has 0 unspecified atom stereocenters. The van der Waals surface area contributed by atoms with Gasteiger partial charge in [-0.15, -0.1) is 0 Å². The predicted molar refractivity (Wildman–Crippen MR) is 131 cm³/mol. The first-order chi connectivity index (χ1) is 14.1. The average molecular weight is 507 g/mol. The first-order valence-corrected chi connectivity index (χ1v) is 14.1. The van der Waals surface area contributed by atoms with Crippen LogP contribution in [0.25, 0.3) is 0 Å². The second kappa shape index (κ2) is 17.2. The number of hydrogen-bond acceptors (Lipinski definition) is 3. The summed E-state index contributed by atoms with van der Waals surface area (Å²) in [6.07, 6.45) is 15.6. The van der Waals surface area contributed by atoms with E-state index in [-0.39, 0.29) is 4.90 Å². The number of hydrogen-bond donors (Lipinski definition) is 0. The van der Waals surface area contributed by atoms with Crippen molar-refractivity contribution >= 4 is 26.0 Å². The molecule has 4 nitrogen and oxygen atoms in total. The van der Waals surface area contributed by atoms with E-state index in [0.29, 0.717) is 0 Å². The Morgan fingerprint density at radius 2 is 1.23 bits per heavy atom. The van der Waals surface area contributed by atoms with Crippen molar-refractivity contribution in [2.24, 2.45) is 0 Å². The van der Waals surface area contributed by atoms with Crippen LogP contribution in [0, 0.1) is 6.92 Å². The first-order valence-electron chi connectivity index (χ1n) is 11.5. The van der Waals surface area contributed by atoms with Gasteiger partial charge in [-0.3, -0.25) is 0 Å². The van der Waals surface area contributed by atoms with Gasteiger partial charge in [0.05, 0.1) is 32.1 Å². The quantitative estimate of drug-likeness (QED) is 0.116. The second-order valence-electron chi connectivity index (χ2n) is 8.87. The molecule has 176 valence electrons. The van der Waals surface area contributed by atoms with E-state index >= 15 is 0 Å². The van der Waals surface area contributed by atoms with Crippen LogP contribution in [0.1, 0.15) is 83.1 Å².